The van der Waals surface area contributed by atoms with Crippen LogP contribution in [0.3, 0.4) is 0 Å². The van der Waals surface area contributed by atoms with Gasteiger partial charge in [0.25, 0.3) is 0 Å². The summed E-state index contributed by atoms with van der Waals surface area (Å²) in [6, 6.07) is 34.4. The molecule has 0 bridgehead atoms. The summed E-state index contributed by atoms with van der Waals surface area (Å²) >= 11 is 0. The molecule has 9 heterocycles. The lowest BCUT2D eigenvalue weighted by Gasteiger charge is -2.49. The summed E-state index contributed by atoms with van der Waals surface area (Å²) in [7, 11) is 1.59. The molecule has 17 rings (SSSR count). The zero-order chi connectivity index (χ0) is 74.2. The number of piperidine rings is 5. The minimum atomic E-state index is -0.527. The molecule has 3 unspecified atom stereocenters. The smallest absolute Gasteiger partial charge is 0.415 e. The van der Waals surface area contributed by atoms with Crippen molar-refractivity contribution in [3.05, 3.63) is 143 Å². The number of likely N-dealkylation sites (tertiary alicyclic amines) is 5. The fourth-order valence-corrected chi connectivity index (χ4v) is 20.7. The van der Waals surface area contributed by atoms with Gasteiger partial charge in [-0.3, -0.25) is 30.7 Å². The molecule has 4 aromatic rings. The monoisotopic (exact) mass is 1470 g/mol. The van der Waals surface area contributed by atoms with Gasteiger partial charge in [-0.25, -0.2) is 24.0 Å². The molecule has 5 saturated heterocycles. The molecular formula is C87H119N9O11. The Labute approximate surface area is 635 Å². The molecule has 5 amide bonds. The van der Waals surface area contributed by atoms with Gasteiger partial charge in [-0.1, -0.05) is 163 Å². The second kappa shape index (κ2) is 33.8. The van der Waals surface area contributed by atoms with E-state index in [1.54, 1.807) is 17.6 Å². The SMILES string of the molecule is CC1=C(CN2CCC3(CC2)OC(=O)Nc2ccccc23)C(C)(C)CC=C1.CCCN1C(=O)OC2(CCN(C3CCCCCC3)CC2)c2ccccc21.COCCOC(=O)N1CCC(N2CCC3(CC2)OC(=O)Nc2ccccc23)CC1.O=C1Nc2ccccc2C2(CCN(C3CCC4CCCCC4C3)CC2)O1. The Morgan fingerprint density at radius 3 is 1.45 bits per heavy atom. The number of allylic oxidation sites excluding steroid dienone is 3. The van der Waals surface area contributed by atoms with Crippen LogP contribution >= 0.6 is 0 Å². The Bertz CT molecular complexity index is 3810. The number of fused-ring (bicyclic) bond motifs is 9. The molecule has 578 valence electrons. The van der Waals surface area contributed by atoms with Gasteiger partial charge < -0.3 is 43.1 Å². The number of amides is 5. The highest BCUT2D eigenvalue weighted by atomic mass is 16.6. The van der Waals surface area contributed by atoms with Crippen LogP contribution in [-0.2, 0) is 50.8 Å². The number of ether oxygens (including phenoxy) is 6. The van der Waals surface area contributed by atoms with Gasteiger partial charge in [0.15, 0.2) is 0 Å². The highest BCUT2D eigenvalue weighted by molar-refractivity contribution is 5.92. The quantitative estimate of drug-likeness (QED) is 0.0770. The van der Waals surface area contributed by atoms with Crippen molar-refractivity contribution in [3.8, 4) is 0 Å². The van der Waals surface area contributed by atoms with E-state index in [1.807, 2.05) is 59.5 Å². The van der Waals surface area contributed by atoms with Gasteiger partial charge >= 0.3 is 30.5 Å². The van der Waals surface area contributed by atoms with Gasteiger partial charge in [0, 0.05) is 177 Å². The second-order valence-electron chi connectivity index (χ2n) is 33.5. The molecule has 107 heavy (non-hydrogen) atoms. The van der Waals surface area contributed by atoms with Gasteiger partial charge in [0.1, 0.15) is 29.0 Å². The van der Waals surface area contributed by atoms with Crippen LogP contribution in [0.25, 0.3) is 0 Å². The first-order chi connectivity index (χ1) is 52.0. The fourth-order valence-electron chi connectivity index (χ4n) is 20.7. The molecule has 9 aliphatic heterocycles. The third kappa shape index (κ3) is 17.0. The molecule has 3 atom stereocenters. The summed E-state index contributed by atoms with van der Waals surface area (Å²) in [5.41, 5.74) is 9.66. The Morgan fingerprint density at radius 2 is 0.944 bits per heavy atom. The van der Waals surface area contributed by atoms with Crippen molar-refractivity contribution in [1.82, 2.24) is 24.5 Å². The maximum absolute atomic E-state index is 12.7. The van der Waals surface area contributed by atoms with Crippen LogP contribution in [0.1, 0.15) is 210 Å². The van der Waals surface area contributed by atoms with E-state index in [0.29, 0.717) is 32.3 Å². The van der Waals surface area contributed by atoms with Crippen molar-refractivity contribution in [2.24, 2.45) is 17.3 Å². The van der Waals surface area contributed by atoms with Crippen molar-refractivity contribution in [2.75, 3.05) is 120 Å². The van der Waals surface area contributed by atoms with Crippen LogP contribution in [0.5, 0.6) is 0 Å². The topological polar surface area (TPSA) is 196 Å². The first kappa shape index (κ1) is 76.3. The third-order valence-electron chi connectivity index (χ3n) is 26.7. The molecule has 8 fully saturated rings. The Balaban J connectivity index is 0.000000120. The highest BCUT2D eigenvalue weighted by Gasteiger charge is 2.51. The molecule has 0 aromatic heterocycles. The van der Waals surface area contributed by atoms with Crippen molar-refractivity contribution >= 4 is 53.2 Å². The van der Waals surface area contributed by atoms with Crippen molar-refractivity contribution < 1.29 is 52.4 Å². The summed E-state index contributed by atoms with van der Waals surface area (Å²) in [6.45, 7) is 20.7. The van der Waals surface area contributed by atoms with Crippen LogP contribution < -0.4 is 20.9 Å². The average Bonchev–Trinajstić information content (AvgIpc) is 0.911. The number of hydrogen-bond donors (Lipinski definition) is 3. The van der Waals surface area contributed by atoms with E-state index in [4.69, 9.17) is 28.4 Å². The van der Waals surface area contributed by atoms with E-state index in [1.165, 1.54) is 94.6 Å². The van der Waals surface area contributed by atoms with Gasteiger partial charge in [-0.2, -0.15) is 0 Å². The lowest BCUT2D eigenvalue weighted by molar-refractivity contribution is -0.0541. The van der Waals surface area contributed by atoms with Crippen molar-refractivity contribution in [2.45, 2.75) is 229 Å². The minimum Gasteiger partial charge on any atom is -0.447 e. The second-order valence-corrected chi connectivity index (χ2v) is 33.5. The summed E-state index contributed by atoms with van der Waals surface area (Å²) in [6.07, 6.45) is 32.3. The van der Waals surface area contributed by atoms with Gasteiger partial charge in [0.05, 0.1) is 29.4 Å². The number of para-hydroxylation sites is 4. The predicted octanol–water partition coefficient (Wildman–Crippen LogP) is 17.6. The lowest BCUT2D eigenvalue weighted by atomic mass is 9.69. The van der Waals surface area contributed by atoms with E-state index >= 15 is 0 Å². The summed E-state index contributed by atoms with van der Waals surface area (Å²) < 4.78 is 33.8. The molecule has 3 N–H and O–H groups in total. The molecule has 4 aliphatic carbocycles. The van der Waals surface area contributed by atoms with E-state index in [-0.39, 0.29) is 35.9 Å². The lowest BCUT2D eigenvalue weighted by Crippen LogP contribution is -2.53. The first-order valence-electron chi connectivity index (χ1n) is 41.1. The number of anilines is 4. The predicted molar refractivity (Wildman–Crippen MR) is 418 cm³/mol. The minimum absolute atomic E-state index is 0.159. The van der Waals surface area contributed by atoms with Crippen LogP contribution in [0.2, 0.25) is 0 Å². The van der Waals surface area contributed by atoms with E-state index in [2.05, 4.69) is 118 Å². The Kier molecular flexibility index (Phi) is 24.1. The number of rotatable bonds is 10. The van der Waals surface area contributed by atoms with Crippen molar-refractivity contribution in [3.63, 3.8) is 0 Å². The third-order valence-corrected chi connectivity index (χ3v) is 26.7. The standard InChI is InChI=1S/C22H30N2O2.C22H28N2O2.C22H32N2O2.C21H29N3O5/c25-21-23-20-8-4-3-7-19(20)22(26-21)11-13-24(14-12-22)18-10-9-16-5-1-2-6-17(16)15-18;1-16-7-6-10-21(2,3)18(16)15-24-13-11-22(12-14-24)17-8-4-5-9-19(17)23-20(25)26-22;1-2-15-24-20-12-8-7-11-19(20)22(26-21(24)25)13-16-23(17-14-22)18-9-5-3-4-6-10-18;1-27-14-15-28-20(26)24-10-6-16(7-11-24)23-12-8-21(9-13-23)17-4-2-3-5-18(17)22-19(25)29-21/h3-4,7-8,16-18H,1-2,5-6,9-15H2,(H,23,25);4-9H,10-15H2,1-3H3,(H,23,25);7-8,11-12,18H,2-6,9-10,13-17H2,1H3;2-5,16H,6-15H2,1H3,(H,22,25). The molecule has 4 aromatic carbocycles. The number of benzene rings is 4. The van der Waals surface area contributed by atoms with Gasteiger partial charge in [-0.05, 0) is 112 Å². The number of nitrogens with zero attached hydrogens (tertiary/aromatic N) is 6. The number of nitrogens with one attached hydrogen (secondary N) is 3. The Hall–Kier alpha value is -7.49. The van der Waals surface area contributed by atoms with Crippen LogP contribution in [-0.4, -0.2) is 172 Å². The van der Waals surface area contributed by atoms with E-state index < -0.39 is 22.4 Å². The molecule has 3 saturated carbocycles. The van der Waals surface area contributed by atoms with Crippen LogP contribution in [0.15, 0.2) is 120 Å². The van der Waals surface area contributed by atoms with Gasteiger partial charge in [-0.15, -0.1) is 0 Å². The zero-order valence-electron chi connectivity index (χ0n) is 64.5. The molecule has 13 aliphatic rings. The maximum Gasteiger partial charge on any atom is 0.415 e. The number of carbonyl (C=O) groups excluding carboxylic acids is 5. The fraction of sp³-hybridized carbons (Fsp3) is 0.621. The summed E-state index contributed by atoms with van der Waals surface area (Å²) in [5.74, 6) is 1.98. The van der Waals surface area contributed by atoms with Crippen LogP contribution in [0.4, 0.5) is 46.7 Å². The van der Waals surface area contributed by atoms with E-state index in [9.17, 15) is 24.0 Å². The molecule has 4 spiro atoms. The number of carbonyl (C=O) groups is 5. The largest absolute Gasteiger partial charge is 0.447 e. The van der Waals surface area contributed by atoms with E-state index in [0.717, 1.165) is 206 Å². The molecule has 20 heteroatoms. The molecular weight excluding hydrogens is 1350 g/mol. The highest BCUT2D eigenvalue weighted by Crippen LogP contribution is 2.51. The maximum atomic E-state index is 12.7. The summed E-state index contributed by atoms with van der Waals surface area (Å²) in [5, 5.41) is 8.51. The molecule has 0 radical (unpaired) electrons. The number of methoxy groups -OCH3 is 1. The van der Waals surface area contributed by atoms with Gasteiger partial charge in [0.2, 0.25) is 0 Å². The molecule has 20 nitrogen and oxygen atoms in total. The normalized spacial score (nSPS) is 25.9. The average molecular weight is 1470 g/mol. The Morgan fingerprint density at radius 1 is 0.495 bits per heavy atom. The van der Waals surface area contributed by atoms with Crippen LogP contribution in [0, 0.1) is 17.3 Å². The number of hydrogen-bond acceptors (Lipinski definition) is 15. The first-order valence-corrected chi connectivity index (χ1v) is 41.1. The summed E-state index contributed by atoms with van der Waals surface area (Å²) in [4.78, 5) is 75.0. The van der Waals surface area contributed by atoms with Crippen molar-refractivity contribution in [1.29, 1.82) is 0 Å². The zero-order valence-corrected chi connectivity index (χ0v) is 64.5.